The number of hydrogen-bond acceptors (Lipinski definition) is 3. The fraction of sp³-hybridized carbons (Fsp3) is 0.583. The van der Waals surface area contributed by atoms with Crippen LogP contribution < -0.4 is 0 Å². The molecule has 3 rings (SSSR count). The van der Waals surface area contributed by atoms with Crippen LogP contribution in [0.1, 0.15) is 24.4 Å². The second kappa shape index (κ2) is 4.42. The smallest absolute Gasteiger partial charge is 0.323 e. The Hall–Kier alpha value is -1.15. The van der Waals surface area contributed by atoms with Crippen molar-refractivity contribution in [2.45, 2.75) is 39.2 Å². The molecule has 2 aromatic heterocycles. The molecule has 0 aromatic carbocycles. The van der Waals surface area contributed by atoms with Crippen LogP contribution in [0.4, 0.5) is 17.6 Å². The van der Waals surface area contributed by atoms with Gasteiger partial charge in [-0.3, -0.25) is 4.90 Å². The van der Waals surface area contributed by atoms with E-state index in [0.717, 1.165) is 0 Å². The zero-order chi connectivity index (χ0) is 14.7. The summed E-state index contributed by atoms with van der Waals surface area (Å²) in [6.07, 6.45) is -4.56. The third-order valence-electron chi connectivity index (χ3n) is 3.68. The van der Waals surface area contributed by atoms with Crippen LogP contribution in [-0.4, -0.2) is 26.4 Å². The minimum absolute atomic E-state index is 0.123. The normalized spacial score (nSPS) is 17.1. The van der Waals surface area contributed by atoms with E-state index >= 15 is 0 Å². The lowest BCUT2D eigenvalue weighted by Gasteiger charge is -2.31. The Bertz CT molecular complexity index is 656. The number of halogens is 4. The molecule has 3 heterocycles. The maximum atomic E-state index is 14.4. The molecule has 0 atom stereocenters. The molecule has 0 aliphatic carbocycles. The van der Waals surface area contributed by atoms with E-state index in [1.807, 2.05) is 18.7 Å². The Labute approximate surface area is 117 Å². The van der Waals surface area contributed by atoms with Crippen LogP contribution in [0.25, 0.3) is 11.0 Å². The Morgan fingerprint density at radius 1 is 1.25 bits per heavy atom. The van der Waals surface area contributed by atoms with E-state index in [1.165, 1.54) is 0 Å². The van der Waals surface area contributed by atoms with Crippen LogP contribution in [0, 0.1) is 5.82 Å². The first-order chi connectivity index (χ1) is 9.30. The highest BCUT2D eigenvalue weighted by molar-refractivity contribution is 7.07. The highest BCUT2D eigenvalue weighted by atomic mass is 32.1. The largest absolute Gasteiger partial charge is 0.427 e. The van der Waals surface area contributed by atoms with E-state index in [9.17, 15) is 17.6 Å². The molecule has 0 N–H and O–H groups in total. The Morgan fingerprint density at radius 2 is 1.95 bits per heavy atom. The van der Waals surface area contributed by atoms with Gasteiger partial charge in [-0.05, 0) is 25.4 Å². The second-order valence-electron chi connectivity index (χ2n) is 5.18. The molecule has 8 heteroatoms. The molecule has 110 valence electrons. The third-order valence-corrected chi connectivity index (χ3v) is 4.56. The summed E-state index contributed by atoms with van der Waals surface area (Å²) in [7, 11) is 0. The van der Waals surface area contributed by atoms with E-state index in [1.54, 1.807) is 4.57 Å². The first-order valence-electron chi connectivity index (χ1n) is 6.28. The minimum Gasteiger partial charge on any atom is -0.323 e. The van der Waals surface area contributed by atoms with Gasteiger partial charge in [-0.1, -0.05) is 0 Å². The van der Waals surface area contributed by atoms with E-state index < -0.39 is 16.9 Å². The fourth-order valence-corrected chi connectivity index (χ4v) is 3.33. The maximum absolute atomic E-state index is 14.4. The quantitative estimate of drug-likeness (QED) is 0.752. The first kappa shape index (κ1) is 13.8. The van der Waals surface area contributed by atoms with Gasteiger partial charge in [0.15, 0.2) is 11.5 Å². The average Bonchev–Trinajstić information content (AvgIpc) is 2.90. The molecule has 3 nitrogen and oxygen atoms in total. The van der Waals surface area contributed by atoms with Crippen LogP contribution in [0.2, 0.25) is 0 Å². The van der Waals surface area contributed by atoms with Gasteiger partial charge in [0.2, 0.25) is 0 Å². The molecule has 0 fully saturated rings. The summed E-state index contributed by atoms with van der Waals surface area (Å²) < 4.78 is 58.4. The van der Waals surface area contributed by atoms with Gasteiger partial charge in [-0.25, -0.2) is 4.39 Å². The van der Waals surface area contributed by atoms with E-state index in [-0.39, 0.29) is 17.1 Å². The molecule has 0 radical (unpaired) electrons. The SMILES string of the molecule is CC(C)N1CCn2c(c(F)c3c(C(F)(F)F)snc32)C1. The molecule has 0 saturated carbocycles. The van der Waals surface area contributed by atoms with Crippen molar-refractivity contribution in [3.63, 3.8) is 0 Å². The summed E-state index contributed by atoms with van der Waals surface area (Å²) in [4.78, 5) is 1.09. The van der Waals surface area contributed by atoms with Crippen LogP contribution in [-0.2, 0) is 19.3 Å². The van der Waals surface area contributed by atoms with E-state index in [4.69, 9.17) is 0 Å². The number of alkyl halides is 3. The van der Waals surface area contributed by atoms with Crippen molar-refractivity contribution in [2.24, 2.45) is 0 Å². The summed E-state index contributed by atoms with van der Waals surface area (Å²) in [5, 5.41) is -0.372. The number of rotatable bonds is 1. The topological polar surface area (TPSA) is 21.1 Å². The minimum atomic E-state index is -4.56. The van der Waals surface area contributed by atoms with Crippen molar-refractivity contribution in [3.05, 3.63) is 16.4 Å². The summed E-state index contributed by atoms with van der Waals surface area (Å²) in [5.74, 6) is -0.772. The van der Waals surface area contributed by atoms with Gasteiger partial charge >= 0.3 is 6.18 Å². The van der Waals surface area contributed by atoms with Crippen molar-refractivity contribution in [1.82, 2.24) is 13.8 Å². The van der Waals surface area contributed by atoms with Crippen LogP contribution in [0.5, 0.6) is 0 Å². The van der Waals surface area contributed by atoms with Crippen molar-refractivity contribution < 1.29 is 17.6 Å². The number of aromatic nitrogens is 2. The summed E-state index contributed by atoms with van der Waals surface area (Å²) in [6.45, 7) is 5.44. The lowest BCUT2D eigenvalue weighted by Crippen LogP contribution is -2.38. The Balaban J connectivity index is 2.16. The van der Waals surface area contributed by atoms with Gasteiger partial charge in [-0.2, -0.15) is 17.5 Å². The Morgan fingerprint density at radius 3 is 2.55 bits per heavy atom. The standard InChI is InChI=1S/C12H13F4N3S/c1-6(2)18-3-4-19-7(5-18)9(13)8-10(12(14,15)16)20-17-11(8)19/h6H,3-5H2,1-2H3. The second-order valence-corrected chi connectivity index (χ2v) is 5.96. The van der Waals surface area contributed by atoms with Crippen LogP contribution in [0.3, 0.4) is 0 Å². The lowest BCUT2D eigenvalue weighted by atomic mass is 10.2. The monoisotopic (exact) mass is 307 g/mol. The molecule has 1 aliphatic rings. The molecular weight excluding hydrogens is 294 g/mol. The number of fused-ring (bicyclic) bond motifs is 3. The van der Waals surface area contributed by atoms with Gasteiger partial charge in [0.1, 0.15) is 4.88 Å². The van der Waals surface area contributed by atoms with Crippen molar-refractivity contribution in [3.8, 4) is 0 Å². The number of nitrogens with zero attached hydrogens (tertiary/aromatic N) is 3. The Kier molecular flexibility index (Phi) is 3.06. The van der Waals surface area contributed by atoms with Gasteiger partial charge in [0.05, 0.1) is 11.1 Å². The van der Waals surface area contributed by atoms with Gasteiger partial charge in [-0.15, -0.1) is 0 Å². The lowest BCUT2D eigenvalue weighted by molar-refractivity contribution is -0.133. The average molecular weight is 307 g/mol. The molecular formula is C12H13F4N3S. The molecule has 20 heavy (non-hydrogen) atoms. The van der Waals surface area contributed by atoms with Crippen molar-refractivity contribution in [2.75, 3.05) is 6.54 Å². The fourth-order valence-electron chi connectivity index (χ4n) is 2.58. The molecule has 0 unspecified atom stereocenters. The summed E-state index contributed by atoms with van der Waals surface area (Å²) in [5.41, 5.74) is 0.430. The van der Waals surface area contributed by atoms with E-state index in [0.29, 0.717) is 36.9 Å². The summed E-state index contributed by atoms with van der Waals surface area (Å²) in [6, 6.07) is 0.227. The third kappa shape index (κ3) is 1.93. The molecule has 2 aromatic rings. The van der Waals surface area contributed by atoms with Crippen LogP contribution >= 0.6 is 11.5 Å². The van der Waals surface area contributed by atoms with Gasteiger partial charge in [0, 0.05) is 25.7 Å². The highest BCUT2D eigenvalue weighted by Gasteiger charge is 2.39. The first-order valence-corrected chi connectivity index (χ1v) is 7.05. The molecule has 0 bridgehead atoms. The van der Waals surface area contributed by atoms with E-state index in [2.05, 4.69) is 4.37 Å². The maximum Gasteiger partial charge on any atom is 0.427 e. The molecule has 0 saturated heterocycles. The summed E-state index contributed by atoms with van der Waals surface area (Å²) >= 11 is 0.321. The zero-order valence-corrected chi connectivity index (χ0v) is 11.8. The molecule has 0 amide bonds. The van der Waals surface area contributed by atoms with Crippen molar-refractivity contribution in [1.29, 1.82) is 0 Å². The predicted molar refractivity (Wildman–Crippen MR) is 68.1 cm³/mol. The predicted octanol–water partition coefficient (Wildman–Crippen LogP) is 3.48. The highest BCUT2D eigenvalue weighted by Crippen LogP contribution is 2.41. The van der Waals surface area contributed by atoms with Crippen molar-refractivity contribution >= 4 is 22.6 Å². The molecule has 1 aliphatic heterocycles. The van der Waals surface area contributed by atoms with Crippen LogP contribution in [0.15, 0.2) is 0 Å². The number of hydrogen-bond donors (Lipinski definition) is 0. The molecule has 0 spiro atoms. The zero-order valence-electron chi connectivity index (χ0n) is 11.0. The van der Waals surface area contributed by atoms with Gasteiger partial charge in [0.25, 0.3) is 0 Å². The van der Waals surface area contributed by atoms with Gasteiger partial charge < -0.3 is 4.57 Å².